The van der Waals surface area contributed by atoms with Crippen molar-refractivity contribution in [3.8, 4) is 0 Å². The molecule has 0 aliphatic rings. The molecule has 7 heteroatoms. The van der Waals surface area contributed by atoms with E-state index in [0.717, 1.165) is 0 Å². The molecule has 0 aliphatic heterocycles. The van der Waals surface area contributed by atoms with Gasteiger partial charge in [-0.3, -0.25) is 4.68 Å². The molecule has 2 aromatic heterocycles. The Balaban J connectivity index is 2.31. The predicted molar refractivity (Wildman–Crippen MR) is 57.4 cm³/mol. The number of nitrogens with zero attached hydrogens (tertiary/aromatic N) is 4. The summed E-state index contributed by atoms with van der Waals surface area (Å²) in [6, 6.07) is 4.93. The second-order valence-corrected chi connectivity index (χ2v) is 3.13. The molecule has 0 radical (unpaired) electrons. The molecule has 82 valence electrons. The Kier molecular flexibility index (Phi) is 2.50. The molecule has 0 amide bonds. The smallest absolute Gasteiger partial charge is 0.358 e. The van der Waals surface area contributed by atoms with Gasteiger partial charge >= 0.3 is 5.82 Å². The molecule has 2 rings (SSSR count). The van der Waals surface area contributed by atoms with E-state index < -0.39 is 4.92 Å². The lowest BCUT2D eigenvalue weighted by atomic mass is 10.4. The molecular formula is C9H9N5O2. The van der Waals surface area contributed by atoms with Crippen molar-refractivity contribution < 1.29 is 4.92 Å². The van der Waals surface area contributed by atoms with Gasteiger partial charge in [-0.15, -0.1) is 0 Å². The van der Waals surface area contributed by atoms with Gasteiger partial charge in [-0.25, -0.2) is 0 Å². The third-order valence-corrected chi connectivity index (χ3v) is 1.94. The summed E-state index contributed by atoms with van der Waals surface area (Å²) in [6.45, 7) is 0. The predicted octanol–water partition coefficient (Wildman–Crippen LogP) is 1.47. The van der Waals surface area contributed by atoms with Crippen LogP contribution >= 0.6 is 0 Å². The molecule has 0 bridgehead atoms. The van der Waals surface area contributed by atoms with Crippen molar-refractivity contribution in [2.75, 3.05) is 5.32 Å². The van der Waals surface area contributed by atoms with E-state index in [2.05, 4.69) is 15.4 Å². The molecule has 0 spiro atoms. The number of aryl methyl sites for hydroxylation is 1. The molecule has 0 saturated carbocycles. The first-order valence-corrected chi connectivity index (χ1v) is 4.53. The number of pyridine rings is 1. The summed E-state index contributed by atoms with van der Waals surface area (Å²) < 4.78 is 1.60. The highest BCUT2D eigenvalue weighted by atomic mass is 16.6. The number of anilines is 2. The van der Waals surface area contributed by atoms with E-state index >= 15 is 0 Å². The summed E-state index contributed by atoms with van der Waals surface area (Å²) in [5.74, 6) is 0.326. The zero-order valence-corrected chi connectivity index (χ0v) is 8.49. The van der Waals surface area contributed by atoms with Crippen molar-refractivity contribution in [1.29, 1.82) is 0 Å². The van der Waals surface area contributed by atoms with Gasteiger partial charge in [0, 0.05) is 19.3 Å². The maximum atomic E-state index is 10.7. The quantitative estimate of drug-likeness (QED) is 0.624. The second kappa shape index (κ2) is 3.97. The number of rotatable bonds is 3. The molecule has 2 aromatic rings. The summed E-state index contributed by atoms with van der Waals surface area (Å²) in [4.78, 5) is 13.8. The molecule has 0 unspecified atom stereocenters. The van der Waals surface area contributed by atoms with Gasteiger partial charge in [0.2, 0.25) is 0 Å². The van der Waals surface area contributed by atoms with Gasteiger partial charge < -0.3 is 15.4 Å². The summed E-state index contributed by atoms with van der Waals surface area (Å²) in [5.41, 5.74) is 0.325. The third-order valence-electron chi connectivity index (χ3n) is 1.94. The Bertz CT molecular complexity index is 522. The van der Waals surface area contributed by atoms with E-state index in [1.54, 1.807) is 36.1 Å². The lowest BCUT2D eigenvalue weighted by molar-refractivity contribution is -0.388. The molecule has 2 heterocycles. The van der Waals surface area contributed by atoms with Gasteiger partial charge in [0.1, 0.15) is 11.9 Å². The van der Waals surface area contributed by atoms with E-state index in [1.807, 2.05) is 0 Å². The van der Waals surface area contributed by atoms with Gasteiger partial charge in [-0.05, 0) is 22.0 Å². The van der Waals surface area contributed by atoms with Crippen molar-refractivity contribution in [2.24, 2.45) is 7.05 Å². The zero-order chi connectivity index (χ0) is 11.5. The standard InChI is InChI=1S/C9H9N5O2/c1-13-6-4-8(12-13)11-7-3-2-5-10-9(7)14(15)16/h2-6H,1H3,(H,11,12). The van der Waals surface area contributed by atoms with Crippen LogP contribution in [0.4, 0.5) is 17.3 Å². The lowest BCUT2D eigenvalue weighted by Crippen LogP contribution is -1.99. The monoisotopic (exact) mass is 219 g/mol. The summed E-state index contributed by atoms with van der Waals surface area (Å²) in [6.07, 6.45) is 3.12. The highest BCUT2D eigenvalue weighted by molar-refractivity contribution is 5.64. The average Bonchev–Trinajstić information content (AvgIpc) is 2.64. The normalized spacial score (nSPS) is 10.1. The Morgan fingerprint density at radius 2 is 2.31 bits per heavy atom. The first-order valence-electron chi connectivity index (χ1n) is 4.53. The van der Waals surface area contributed by atoms with Crippen molar-refractivity contribution in [3.05, 3.63) is 40.7 Å². The van der Waals surface area contributed by atoms with Crippen LogP contribution in [0.15, 0.2) is 30.6 Å². The van der Waals surface area contributed by atoms with Gasteiger partial charge in [-0.1, -0.05) is 0 Å². The van der Waals surface area contributed by atoms with Crippen LogP contribution in [0, 0.1) is 10.1 Å². The van der Waals surface area contributed by atoms with Crippen LogP contribution < -0.4 is 5.32 Å². The molecule has 0 aromatic carbocycles. The first kappa shape index (κ1) is 10.1. The van der Waals surface area contributed by atoms with Gasteiger partial charge in [-0.2, -0.15) is 5.10 Å². The fourth-order valence-electron chi connectivity index (χ4n) is 1.26. The van der Waals surface area contributed by atoms with E-state index in [0.29, 0.717) is 11.5 Å². The van der Waals surface area contributed by atoms with Crippen LogP contribution in [-0.2, 0) is 7.05 Å². The third kappa shape index (κ3) is 1.97. The molecule has 1 N–H and O–H groups in total. The number of hydrogen-bond acceptors (Lipinski definition) is 5. The molecule has 0 aliphatic carbocycles. The van der Waals surface area contributed by atoms with E-state index in [1.165, 1.54) is 6.20 Å². The SMILES string of the molecule is Cn1ccc(Nc2cccnc2[N+](=O)[O-])n1. The number of hydrogen-bond donors (Lipinski definition) is 1. The van der Waals surface area contributed by atoms with Crippen LogP contribution in [0.25, 0.3) is 0 Å². The minimum atomic E-state index is -0.536. The van der Waals surface area contributed by atoms with Crippen molar-refractivity contribution >= 4 is 17.3 Å². The number of nitrogens with one attached hydrogen (secondary N) is 1. The summed E-state index contributed by atoms with van der Waals surface area (Å²) in [5, 5.41) is 17.6. The van der Waals surface area contributed by atoms with Crippen molar-refractivity contribution in [3.63, 3.8) is 0 Å². The second-order valence-electron chi connectivity index (χ2n) is 3.13. The molecule has 7 nitrogen and oxygen atoms in total. The fourth-order valence-corrected chi connectivity index (χ4v) is 1.26. The van der Waals surface area contributed by atoms with E-state index in [4.69, 9.17) is 0 Å². The maximum Gasteiger partial charge on any atom is 0.387 e. The van der Waals surface area contributed by atoms with E-state index in [-0.39, 0.29) is 5.82 Å². The first-order chi connectivity index (χ1) is 7.66. The molecule has 0 fully saturated rings. The maximum absolute atomic E-state index is 10.7. The Morgan fingerprint density at radius 1 is 1.50 bits per heavy atom. The lowest BCUT2D eigenvalue weighted by Gasteiger charge is -2.02. The highest BCUT2D eigenvalue weighted by Crippen LogP contribution is 2.23. The van der Waals surface area contributed by atoms with Crippen LogP contribution in [-0.4, -0.2) is 19.7 Å². The Morgan fingerprint density at radius 3 is 2.94 bits per heavy atom. The minimum Gasteiger partial charge on any atom is -0.358 e. The summed E-state index contributed by atoms with van der Waals surface area (Å²) >= 11 is 0. The fraction of sp³-hybridized carbons (Fsp3) is 0.111. The van der Waals surface area contributed by atoms with Crippen LogP contribution in [0.2, 0.25) is 0 Å². The van der Waals surface area contributed by atoms with Crippen molar-refractivity contribution in [1.82, 2.24) is 14.8 Å². The van der Waals surface area contributed by atoms with Gasteiger partial charge in [0.25, 0.3) is 0 Å². The number of nitro groups is 1. The average molecular weight is 219 g/mol. The Hall–Kier alpha value is -2.44. The van der Waals surface area contributed by atoms with E-state index in [9.17, 15) is 10.1 Å². The van der Waals surface area contributed by atoms with Gasteiger partial charge in [0.05, 0.1) is 0 Å². The van der Waals surface area contributed by atoms with Gasteiger partial charge in [0.15, 0.2) is 5.82 Å². The van der Waals surface area contributed by atoms with Crippen LogP contribution in [0.3, 0.4) is 0 Å². The zero-order valence-electron chi connectivity index (χ0n) is 8.49. The molecule has 0 atom stereocenters. The Labute approximate surface area is 90.9 Å². The molecular weight excluding hydrogens is 210 g/mol. The highest BCUT2D eigenvalue weighted by Gasteiger charge is 2.14. The van der Waals surface area contributed by atoms with Crippen LogP contribution in [0.5, 0.6) is 0 Å². The molecule has 0 saturated heterocycles. The molecule has 16 heavy (non-hydrogen) atoms. The minimum absolute atomic E-state index is 0.215. The van der Waals surface area contributed by atoms with Crippen molar-refractivity contribution in [2.45, 2.75) is 0 Å². The number of aromatic nitrogens is 3. The topological polar surface area (TPSA) is 85.9 Å². The van der Waals surface area contributed by atoms with Crippen LogP contribution in [0.1, 0.15) is 0 Å². The summed E-state index contributed by atoms with van der Waals surface area (Å²) in [7, 11) is 1.77. The largest absolute Gasteiger partial charge is 0.387 e.